The number of aromatic hydroxyl groups is 1. The second-order valence-electron chi connectivity index (χ2n) is 9.41. The minimum absolute atomic E-state index is 0.00628. The molecule has 208 valence electrons. The zero-order valence-corrected chi connectivity index (χ0v) is 25.0. The average Bonchev–Trinajstić information content (AvgIpc) is 2.92. The van der Waals surface area contributed by atoms with E-state index >= 15 is 0 Å². The van der Waals surface area contributed by atoms with Gasteiger partial charge in [0.2, 0.25) is 0 Å². The number of ether oxygens (including phenoxy) is 3. The first-order valence-electron chi connectivity index (χ1n) is 13.1. The molecule has 4 rings (SSSR count). The number of phenols is 1. The van der Waals surface area contributed by atoms with Crippen LogP contribution in [0.15, 0.2) is 63.4 Å². The van der Waals surface area contributed by atoms with E-state index in [4.69, 9.17) is 14.2 Å². The highest BCUT2D eigenvalue weighted by Crippen LogP contribution is 2.48. The molecule has 1 heterocycles. The predicted molar refractivity (Wildman–Crippen MR) is 157 cm³/mol. The summed E-state index contributed by atoms with van der Waals surface area (Å²) < 4.78 is 17.1. The number of ketones is 1. The molecule has 2 aromatic carbocycles. The van der Waals surface area contributed by atoms with Crippen LogP contribution in [0.5, 0.6) is 17.2 Å². The fourth-order valence-electron chi connectivity index (χ4n) is 5.20. The number of allylic oxidation sites excluding steroid dienone is 3. The van der Waals surface area contributed by atoms with Gasteiger partial charge in [-0.2, -0.15) is 11.8 Å². The van der Waals surface area contributed by atoms with Gasteiger partial charge in [-0.15, -0.1) is 0 Å². The first-order valence-corrected chi connectivity index (χ1v) is 15.0. The first-order chi connectivity index (χ1) is 18.8. The van der Waals surface area contributed by atoms with Gasteiger partial charge in [-0.3, -0.25) is 4.79 Å². The fraction of sp³-hybridized carbons (Fsp3) is 0.400. The summed E-state index contributed by atoms with van der Waals surface area (Å²) in [6.07, 6.45) is 0.934. The number of phenolic OH excluding ortho intramolecular Hbond substituents is 1. The normalized spacial score (nSPS) is 18.9. The molecule has 9 heteroatoms. The maximum Gasteiger partial charge on any atom is 0.336 e. The zero-order chi connectivity index (χ0) is 28.1. The maximum atomic E-state index is 13.9. The number of hydrogen-bond acceptors (Lipinski definition) is 8. The SMILES string of the molecule is CCOc1cc([C@H]2C(C(=O)OCCSCC)=C(C)NC3=C2C(=O)C[C@@H](c2ccc(OC)cc2)C3)cc(Br)c1O. The van der Waals surface area contributed by atoms with Crippen LogP contribution in [0.3, 0.4) is 0 Å². The van der Waals surface area contributed by atoms with Gasteiger partial charge in [-0.1, -0.05) is 19.1 Å². The highest BCUT2D eigenvalue weighted by atomic mass is 79.9. The lowest BCUT2D eigenvalue weighted by atomic mass is 9.71. The Labute approximate surface area is 242 Å². The van der Waals surface area contributed by atoms with Crippen molar-refractivity contribution >= 4 is 39.4 Å². The van der Waals surface area contributed by atoms with E-state index in [9.17, 15) is 14.7 Å². The topological polar surface area (TPSA) is 94.1 Å². The van der Waals surface area contributed by atoms with Crippen LogP contribution in [-0.4, -0.2) is 48.7 Å². The molecule has 0 bridgehead atoms. The lowest BCUT2D eigenvalue weighted by Gasteiger charge is -2.37. The number of dihydropyridines is 1. The summed E-state index contributed by atoms with van der Waals surface area (Å²) in [4.78, 5) is 27.3. The monoisotopic (exact) mass is 615 g/mol. The Hall–Kier alpha value is -2.91. The van der Waals surface area contributed by atoms with Crippen LogP contribution in [0.25, 0.3) is 0 Å². The summed E-state index contributed by atoms with van der Waals surface area (Å²) in [7, 11) is 1.63. The highest BCUT2D eigenvalue weighted by Gasteiger charge is 2.42. The van der Waals surface area contributed by atoms with E-state index in [0.717, 1.165) is 22.8 Å². The van der Waals surface area contributed by atoms with Gasteiger partial charge in [0.1, 0.15) is 12.4 Å². The Kier molecular flexibility index (Phi) is 9.67. The summed E-state index contributed by atoms with van der Waals surface area (Å²) >= 11 is 5.12. The lowest BCUT2D eigenvalue weighted by Crippen LogP contribution is -2.36. The standard InChI is InChI=1S/C30H34BrNO6S/c1-5-37-25-16-20(13-22(31)29(25)34)27-26(30(35)38-11-12-39-6-2)17(3)32-23-14-19(15-24(33)28(23)27)18-7-9-21(36-4)10-8-18/h7-10,13,16,19,27,32,34H,5-6,11-12,14-15H2,1-4H3/t19-,27-/m0/s1. The molecular formula is C30H34BrNO6S. The van der Waals surface area contributed by atoms with Crippen LogP contribution in [-0.2, 0) is 14.3 Å². The van der Waals surface area contributed by atoms with Crippen molar-refractivity contribution in [2.45, 2.75) is 45.4 Å². The number of Topliss-reactive ketones (excluding diaryl/α,β-unsaturated/α-hetero) is 1. The highest BCUT2D eigenvalue weighted by molar-refractivity contribution is 9.10. The molecule has 2 aromatic rings. The molecule has 0 spiro atoms. The van der Waals surface area contributed by atoms with Gasteiger partial charge >= 0.3 is 5.97 Å². The van der Waals surface area contributed by atoms with Gasteiger partial charge in [-0.25, -0.2) is 4.79 Å². The summed E-state index contributed by atoms with van der Waals surface area (Å²) in [6, 6.07) is 11.2. The molecule has 39 heavy (non-hydrogen) atoms. The Morgan fingerprint density at radius 2 is 1.90 bits per heavy atom. The number of thioether (sulfide) groups is 1. The molecule has 0 saturated heterocycles. The molecule has 0 unspecified atom stereocenters. The molecule has 0 radical (unpaired) electrons. The average molecular weight is 617 g/mol. The molecule has 0 saturated carbocycles. The van der Waals surface area contributed by atoms with Gasteiger partial charge in [0.25, 0.3) is 0 Å². The number of carbonyl (C=O) groups excluding carboxylic acids is 2. The zero-order valence-electron chi connectivity index (χ0n) is 22.6. The van der Waals surface area contributed by atoms with Crippen LogP contribution in [0.1, 0.15) is 56.6 Å². The second-order valence-corrected chi connectivity index (χ2v) is 11.7. The van der Waals surface area contributed by atoms with Gasteiger partial charge < -0.3 is 24.6 Å². The minimum Gasteiger partial charge on any atom is -0.503 e. The third-order valence-corrected chi connectivity index (χ3v) is 8.45. The molecule has 0 amide bonds. The lowest BCUT2D eigenvalue weighted by molar-refractivity contribution is -0.138. The van der Waals surface area contributed by atoms with Crippen molar-refractivity contribution in [3.8, 4) is 17.2 Å². The van der Waals surface area contributed by atoms with E-state index in [2.05, 4.69) is 28.2 Å². The molecule has 2 atom stereocenters. The molecule has 1 aliphatic heterocycles. The van der Waals surface area contributed by atoms with E-state index in [-0.39, 0.29) is 29.8 Å². The van der Waals surface area contributed by atoms with E-state index in [1.807, 2.05) is 38.1 Å². The molecule has 0 aromatic heterocycles. The van der Waals surface area contributed by atoms with Crippen molar-refractivity contribution in [3.63, 3.8) is 0 Å². The third-order valence-electron chi connectivity index (χ3n) is 6.98. The van der Waals surface area contributed by atoms with Crippen molar-refractivity contribution < 1.29 is 28.9 Å². The van der Waals surface area contributed by atoms with Crippen LogP contribution in [0.4, 0.5) is 0 Å². The Bertz CT molecular complexity index is 1300. The van der Waals surface area contributed by atoms with E-state index in [1.165, 1.54) is 0 Å². The van der Waals surface area contributed by atoms with Gasteiger partial charge in [0.15, 0.2) is 17.3 Å². The van der Waals surface area contributed by atoms with Gasteiger partial charge in [-0.05, 0) is 83.3 Å². The van der Waals surface area contributed by atoms with Crippen LogP contribution < -0.4 is 14.8 Å². The van der Waals surface area contributed by atoms with Gasteiger partial charge in [0.05, 0.1) is 23.8 Å². The van der Waals surface area contributed by atoms with E-state index < -0.39 is 11.9 Å². The Balaban J connectivity index is 1.77. The van der Waals surface area contributed by atoms with Crippen LogP contribution in [0, 0.1) is 0 Å². The van der Waals surface area contributed by atoms with Crippen molar-refractivity contribution in [3.05, 3.63) is 74.5 Å². The number of benzene rings is 2. The fourth-order valence-corrected chi connectivity index (χ4v) is 6.15. The number of nitrogens with one attached hydrogen (secondary N) is 1. The maximum absolute atomic E-state index is 13.9. The van der Waals surface area contributed by atoms with Crippen LogP contribution >= 0.6 is 27.7 Å². The molecule has 0 fully saturated rings. The molecule has 1 aliphatic carbocycles. The van der Waals surface area contributed by atoms with Crippen molar-refractivity contribution in [2.75, 3.05) is 31.8 Å². The number of carbonyl (C=O) groups is 2. The van der Waals surface area contributed by atoms with E-state index in [0.29, 0.717) is 52.1 Å². The molecule has 7 nitrogen and oxygen atoms in total. The number of rotatable bonds is 10. The summed E-state index contributed by atoms with van der Waals surface area (Å²) in [5.41, 5.74) is 4.13. The van der Waals surface area contributed by atoms with Crippen molar-refractivity contribution in [1.82, 2.24) is 5.32 Å². The third kappa shape index (κ3) is 6.30. The molecular weight excluding hydrogens is 582 g/mol. The smallest absolute Gasteiger partial charge is 0.336 e. The van der Waals surface area contributed by atoms with Crippen LogP contribution in [0.2, 0.25) is 0 Å². The largest absolute Gasteiger partial charge is 0.503 e. The first kappa shape index (κ1) is 29.1. The molecule has 2 N–H and O–H groups in total. The Morgan fingerprint density at radius 3 is 2.56 bits per heavy atom. The predicted octanol–water partition coefficient (Wildman–Crippen LogP) is 6.22. The summed E-state index contributed by atoms with van der Waals surface area (Å²) in [5, 5.41) is 13.9. The van der Waals surface area contributed by atoms with E-state index in [1.54, 1.807) is 31.0 Å². The van der Waals surface area contributed by atoms with Crippen molar-refractivity contribution in [1.29, 1.82) is 0 Å². The van der Waals surface area contributed by atoms with Crippen molar-refractivity contribution in [2.24, 2.45) is 0 Å². The number of esters is 1. The minimum atomic E-state index is -0.659. The Morgan fingerprint density at radius 1 is 1.15 bits per heavy atom. The summed E-state index contributed by atoms with van der Waals surface area (Å²) in [5.74, 6) is 1.50. The summed E-state index contributed by atoms with van der Waals surface area (Å²) in [6.45, 7) is 6.36. The second kappa shape index (κ2) is 13.0. The number of hydrogen-bond donors (Lipinski definition) is 2. The number of halogens is 1. The number of methoxy groups -OCH3 is 1. The quantitative estimate of drug-likeness (QED) is 0.240. The van der Waals surface area contributed by atoms with Gasteiger partial charge in [0, 0.05) is 35.1 Å². The molecule has 2 aliphatic rings.